The van der Waals surface area contributed by atoms with Gasteiger partial charge in [-0.25, -0.2) is 4.98 Å². The van der Waals surface area contributed by atoms with Crippen molar-refractivity contribution in [2.45, 2.75) is 46.2 Å². The number of aromatic nitrogens is 1. The lowest BCUT2D eigenvalue weighted by Crippen LogP contribution is -2.34. The first-order valence-corrected chi connectivity index (χ1v) is 7.13. The van der Waals surface area contributed by atoms with Crippen LogP contribution < -0.4 is 10.2 Å². The molecule has 0 spiro atoms. The van der Waals surface area contributed by atoms with E-state index in [1.807, 2.05) is 12.3 Å². The first-order valence-electron chi connectivity index (χ1n) is 7.13. The first-order chi connectivity index (χ1) is 8.72. The maximum Gasteiger partial charge on any atom is 0.133 e. The van der Waals surface area contributed by atoms with Crippen molar-refractivity contribution in [1.29, 1.82) is 0 Å². The zero-order valence-corrected chi connectivity index (χ0v) is 11.8. The van der Waals surface area contributed by atoms with Gasteiger partial charge in [0, 0.05) is 30.9 Å². The highest BCUT2D eigenvalue weighted by atomic mass is 15.2. The Morgan fingerprint density at radius 1 is 1.44 bits per heavy atom. The summed E-state index contributed by atoms with van der Waals surface area (Å²) in [6.07, 6.45) is 4.68. The van der Waals surface area contributed by atoms with Crippen molar-refractivity contribution in [2.75, 3.05) is 18.0 Å². The van der Waals surface area contributed by atoms with Crippen LogP contribution in [0.2, 0.25) is 0 Å². The van der Waals surface area contributed by atoms with E-state index in [0.29, 0.717) is 6.04 Å². The van der Waals surface area contributed by atoms with Gasteiger partial charge in [-0.1, -0.05) is 13.0 Å². The second kappa shape index (κ2) is 6.19. The summed E-state index contributed by atoms with van der Waals surface area (Å²) < 4.78 is 0. The Morgan fingerprint density at radius 3 is 2.83 bits per heavy atom. The minimum atomic E-state index is 0.515. The number of rotatable bonds is 7. The third kappa shape index (κ3) is 3.45. The maximum atomic E-state index is 4.62. The van der Waals surface area contributed by atoms with Gasteiger partial charge < -0.3 is 10.2 Å². The zero-order valence-electron chi connectivity index (χ0n) is 11.8. The molecule has 0 aromatic carbocycles. The molecule has 0 amide bonds. The van der Waals surface area contributed by atoms with E-state index >= 15 is 0 Å². The molecular formula is C15H25N3. The van der Waals surface area contributed by atoms with Crippen molar-refractivity contribution in [3.8, 4) is 0 Å². The second-order valence-corrected chi connectivity index (χ2v) is 5.46. The molecule has 1 aromatic heterocycles. The molecule has 1 aliphatic carbocycles. The molecule has 3 nitrogen and oxygen atoms in total. The summed E-state index contributed by atoms with van der Waals surface area (Å²) in [6.45, 7) is 9.72. The summed E-state index contributed by atoms with van der Waals surface area (Å²) in [5.74, 6) is 2.06. The van der Waals surface area contributed by atoms with Gasteiger partial charge in [-0.2, -0.15) is 0 Å². The van der Waals surface area contributed by atoms with Gasteiger partial charge in [0.05, 0.1) is 0 Å². The molecule has 1 N–H and O–H groups in total. The number of nitrogens with one attached hydrogen (secondary N) is 1. The third-order valence-electron chi connectivity index (χ3n) is 3.48. The van der Waals surface area contributed by atoms with Crippen molar-refractivity contribution in [3.63, 3.8) is 0 Å². The summed E-state index contributed by atoms with van der Waals surface area (Å²) in [4.78, 5) is 7.08. The highest BCUT2D eigenvalue weighted by Gasteiger charge is 2.27. The van der Waals surface area contributed by atoms with Crippen molar-refractivity contribution in [2.24, 2.45) is 5.92 Å². The Labute approximate surface area is 111 Å². The lowest BCUT2D eigenvalue weighted by molar-refractivity contribution is 0.627. The highest BCUT2D eigenvalue weighted by Crippen LogP contribution is 2.32. The van der Waals surface area contributed by atoms with Crippen LogP contribution in [0, 0.1) is 5.92 Å². The van der Waals surface area contributed by atoms with Crippen LogP contribution in [0.15, 0.2) is 18.3 Å². The molecule has 1 saturated carbocycles. The smallest absolute Gasteiger partial charge is 0.133 e. The Balaban J connectivity index is 2.16. The minimum Gasteiger partial charge on any atom is -0.354 e. The molecule has 1 fully saturated rings. The fraction of sp³-hybridized carbons (Fsp3) is 0.667. The quantitative estimate of drug-likeness (QED) is 0.803. The molecule has 0 aliphatic heterocycles. The van der Waals surface area contributed by atoms with E-state index in [-0.39, 0.29) is 0 Å². The first kappa shape index (κ1) is 13.3. The van der Waals surface area contributed by atoms with Crippen LogP contribution in [0.1, 0.15) is 39.2 Å². The number of pyridine rings is 1. The average Bonchev–Trinajstić information content (AvgIpc) is 3.17. The summed E-state index contributed by atoms with van der Waals surface area (Å²) in [5, 5.41) is 3.40. The molecule has 18 heavy (non-hydrogen) atoms. The van der Waals surface area contributed by atoms with Crippen LogP contribution in [-0.4, -0.2) is 24.1 Å². The second-order valence-electron chi connectivity index (χ2n) is 5.46. The predicted molar refractivity (Wildman–Crippen MR) is 76.8 cm³/mol. The van der Waals surface area contributed by atoms with Crippen LogP contribution in [0.5, 0.6) is 0 Å². The summed E-state index contributed by atoms with van der Waals surface area (Å²) in [7, 11) is 0. The molecule has 100 valence electrons. The summed E-state index contributed by atoms with van der Waals surface area (Å²) >= 11 is 0. The number of nitrogens with zero attached hydrogens (tertiary/aromatic N) is 2. The Hall–Kier alpha value is -1.09. The van der Waals surface area contributed by atoms with Gasteiger partial charge in [0.25, 0.3) is 0 Å². The molecule has 1 heterocycles. The van der Waals surface area contributed by atoms with Crippen LogP contribution >= 0.6 is 0 Å². The molecule has 2 rings (SSSR count). The van der Waals surface area contributed by atoms with Gasteiger partial charge in [-0.05, 0) is 45.2 Å². The standard InChI is InChI=1S/C15H25N3/c1-4-16-10-14-6-5-9-17-15(14)18(12(2)3)11-13-7-8-13/h5-6,9,12-13,16H,4,7-8,10-11H2,1-3H3. The monoisotopic (exact) mass is 247 g/mol. The SMILES string of the molecule is CCNCc1cccnc1N(CC1CC1)C(C)C. The van der Waals surface area contributed by atoms with Gasteiger partial charge in [-0.3, -0.25) is 0 Å². The number of hydrogen-bond acceptors (Lipinski definition) is 3. The Kier molecular flexibility index (Phi) is 4.59. The molecule has 3 heteroatoms. The van der Waals surface area contributed by atoms with Gasteiger partial charge >= 0.3 is 0 Å². The fourth-order valence-electron chi connectivity index (χ4n) is 2.21. The number of anilines is 1. The molecule has 0 saturated heterocycles. The van der Waals surface area contributed by atoms with E-state index in [4.69, 9.17) is 0 Å². The predicted octanol–water partition coefficient (Wildman–Crippen LogP) is 2.82. The Morgan fingerprint density at radius 2 is 2.22 bits per heavy atom. The van der Waals surface area contributed by atoms with E-state index in [1.54, 1.807) is 0 Å². The van der Waals surface area contributed by atoms with E-state index in [2.05, 4.69) is 42.0 Å². The normalized spacial score (nSPS) is 15.1. The largest absolute Gasteiger partial charge is 0.354 e. The van der Waals surface area contributed by atoms with E-state index in [1.165, 1.54) is 24.2 Å². The number of hydrogen-bond donors (Lipinski definition) is 1. The van der Waals surface area contributed by atoms with Crippen molar-refractivity contribution < 1.29 is 0 Å². The summed E-state index contributed by atoms with van der Waals surface area (Å²) in [6, 6.07) is 4.74. The highest BCUT2D eigenvalue weighted by molar-refractivity contribution is 5.47. The molecule has 0 unspecified atom stereocenters. The average molecular weight is 247 g/mol. The van der Waals surface area contributed by atoms with Crippen molar-refractivity contribution >= 4 is 5.82 Å². The minimum absolute atomic E-state index is 0.515. The van der Waals surface area contributed by atoms with E-state index < -0.39 is 0 Å². The Bertz CT molecular complexity index is 372. The van der Waals surface area contributed by atoms with Crippen LogP contribution in [0.4, 0.5) is 5.82 Å². The fourth-order valence-corrected chi connectivity index (χ4v) is 2.21. The van der Waals surface area contributed by atoms with E-state index in [0.717, 1.165) is 25.6 Å². The molecule has 1 aliphatic rings. The zero-order chi connectivity index (χ0) is 13.0. The molecule has 0 radical (unpaired) electrons. The van der Waals surface area contributed by atoms with Crippen molar-refractivity contribution in [1.82, 2.24) is 10.3 Å². The van der Waals surface area contributed by atoms with Crippen molar-refractivity contribution in [3.05, 3.63) is 23.9 Å². The van der Waals surface area contributed by atoms with Crippen LogP contribution in [-0.2, 0) is 6.54 Å². The van der Waals surface area contributed by atoms with E-state index in [9.17, 15) is 0 Å². The van der Waals surface area contributed by atoms with Gasteiger partial charge in [0.15, 0.2) is 0 Å². The molecule has 0 atom stereocenters. The van der Waals surface area contributed by atoms with Gasteiger partial charge in [-0.15, -0.1) is 0 Å². The maximum absolute atomic E-state index is 4.62. The molecule has 1 aromatic rings. The molecule has 0 bridgehead atoms. The molecular weight excluding hydrogens is 222 g/mol. The lowest BCUT2D eigenvalue weighted by Gasteiger charge is -2.29. The van der Waals surface area contributed by atoms with Crippen LogP contribution in [0.25, 0.3) is 0 Å². The topological polar surface area (TPSA) is 28.2 Å². The third-order valence-corrected chi connectivity index (χ3v) is 3.48. The van der Waals surface area contributed by atoms with Gasteiger partial charge in [0.2, 0.25) is 0 Å². The summed E-state index contributed by atoms with van der Waals surface area (Å²) in [5.41, 5.74) is 1.31. The lowest BCUT2D eigenvalue weighted by atomic mass is 10.2. The van der Waals surface area contributed by atoms with Gasteiger partial charge in [0.1, 0.15) is 5.82 Å². The van der Waals surface area contributed by atoms with Crippen LogP contribution in [0.3, 0.4) is 0 Å².